The van der Waals surface area contributed by atoms with Gasteiger partial charge in [0.15, 0.2) is 0 Å². The van der Waals surface area contributed by atoms with Gasteiger partial charge < -0.3 is 11.1 Å². The van der Waals surface area contributed by atoms with Crippen LogP contribution in [0.5, 0.6) is 0 Å². The second-order valence-electron chi connectivity index (χ2n) is 3.44. The van der Waals surface area contributed by atoms with Crippen LogP contribution in [-0.4, -0.2) is 19.1 Å². The van der Waals surface area contributed by atoms with Gasteiger partial charge in [0.1, 0.15) is 0 Å². The Balaban J connectivity index is 2.23. The summed E-state index contributed by atoms with van der Waals surface area (Å²) in [6.07, 6.45) is 3.64. The van der Waals surface area contributed by atoms with Gasteiger partial charge in [0, 0.05) is 6.04 Å². The van der Waals surface area contributed by atoms with Crippen LogP contribution in [0.25, 0.3) is 0 Å². The molecule has 0 aromatic rings. The molecule has 1 heterocycles. The molecule has 1 aliphatic heterocycles. The van der Waals surface area contributed by atoms with E-state index < -0.39 is 0 Å². The number of hydrogen-bond donors (Lipinski definition) is 2. The van der Waals surface area contributed by atoms with E-state index in [1.807, 2.05) is 0 Å². The summed E-state index contributed by atoms with van der Waals surface area (Å²) in [7, 11) is 0. The van der Waals surface area contributed by atoms with Crippen LogP contribution in [0.15, 0.2) is 0 Å². The fraction of sp³-hybridized carbons (Fsp3) is 1.00. The first-order chi connectivity index (χ1) is 4.79. The Kier molecular flexibility index (Phi) is 3.16. The van der Waals surface area contributed by atoms with Crippen molar-refractivity contribution in [1.29, 1.82) is 0 Å². The van der Waals surface area contributed by atoms with E-state index in [4.69, 9.17) is 5.73 Å². The Morgan fingerprint density at radius 3 is 2.90 bits per heavy atom. The van der Waals surface area contributed by atoms with Crippen LogP contribution in [0.3, 0.4) is 0 Å². The van der Waals surface area contributed by atoms with E-state index in [2.05, 4.69) is 12.2 Å². The Morgan fingerprint density at radius 1 is 1.30 bits per heavy atom. The molecule has 2 unspecified atom stereocenters. The van der Waals surface area contributed by atoms with Crippen molar-refractivity contribution in [3.63, 3.8) is 0 Å². The fourth-order valence-corrected chi connectivity index (χ4v) is 1.38. The van der Waals surface area contributed by atoms with Gasteiger partial charge in [-0.3, -0.25) is 0 Å². The van der Waals surface area contributed by atoms with Crippen LogP contribution in [0, 0.1) is 5.92 Å². The van der Waals surface area contributed by atoms with Crippen LogP contribution < -0.4 is 11.1 Å². The largest absolute Gasteiger partial charge is 0.328 e. The summed E-state index contributed by atoms with van der Waals surface area (Å²) in [5.41, 5.74) is 5.83. The number of nitrogens with one attached hydrogen (secondary N) is 1. The minimum Gasteiger partial charge on any atom is -0.328 e. The summed E-state index contributed by atoms with van der Waals surface area (Å²) in [4.78, 5) is 0. The molecule has 1 rings (SSSR count). The number of rotatable bonds is 0. The maximum atomic E-state index is 5.83. The second kappa shape index (κ2) is 3.94. The molecule has 0 aromatic heterocycles. The molecule has 2 heteroatoms. The van der Waals surface area contributed by atoms with Gasteiger partial charge in [0.25, 0.3) is 0 Å². The average molecular weight is 142 g/mol. The van der Waals surface area contributed by atoms with Gasteiger partial charge in [-0.2, -0.15) is 0 Å². The highest BCUT2D eigenvalue weighted by Crippen LogP contribution is 2.09. The monoisotopic (exact) mass is 142 g/mol. The van der Waals surface area contributed by atoms with Crippen LogP contribution in [0.4, 0.5) is 0 Å². The zero-order valence-corrected chi connectivity index (χ0v) is 6.77. The third kappa shape index (κ3) is 2.67. The van der Waals surface area contributed by atoms with Crippen molar-refractivity contribution in [1.82, 2.24) is 5.32 Å². The molecule has 1 aliphatic rings. The van der Waals surface area contributed by atoms with Gasteiger partial charge in [-0.15, -0.1) is 0 Å². The van der Waals surface area contributed by atoms with Crippen LogP contribution in [0.2, 0.25) is 0 Å². The van der Waals surface area contributed by atoms with Crippen molar-refractivity contribution in [2.24, 2.45) is 11.7 Å². The molecule has 0 bridgehead atoms. The Bertz CT molecular complexity index is 81.3. The van der Waals surface area contributed by atoms with E-state index in [9.17, 15) is 0 Å². The van der Waals surface area contributed by atoms with E-state index in [1.165, 1.54) is 19.4 Å². The predicted molar refractivity (Wildman–Crippen MR) is 43.9 cm³/mol. The summed E-state index contributed by atoms with van der Waals surface area (Å²) in [6.45, 7) is 4.56. The summed E-state index contributed by atoms with van der Waals surface area (Å²) in [6, 6.07) is 0.440. The van der Waals surface area contributed by atoms with Gasteiger partial charge in [-0.25, -0.2) is 0 Å². The van der Waals surface area contributed by atoms with Crippen molar-refractivity contribution in [2.75, 3.05) is 13.1 Å². The SMILES string of the molecule is CC1CCC(N)CCNC1. The summed E-state index contributed by atoms with van der Waals surface area (Å²) in [5.74, 6) is 0.811. The summed E-state index contributed by atoms with van der Waals surface area (Å²) < 4.78 is 0. The molecule has 0 saturated carbocycles. The Labute approximate surface area is 63.2 Å². The minimum atomic E-state index is 0.440. The highest BCUT2D eigenvalue weighted by atomic mass is 14.9. The maximum absolute atomic E-state index is 5.83. The van der Waals surface area contributed by atoms with Crippen molar-refractivity contribution in [2.45, 2.75) is 32.2 Å². The quantitative estimate of drug-likeness (QED) is 0.523. The van der Waals surface area contributed by atoms with Gasteiger partial charge in [-0.1, -0.05) is 6.92 Å². The third-order valence-corrected chi connectivity index (χ3v) is 2.21. The summed E-state index contributed by atoms with van der Waals surface area (Å²) in [5, 5.41) is 3.39. The van der Waals surface area contributed by atoms with E-state index in [0.29, 0.717) is 6.04 Å². The Morgan fingerprint density at radius 2 is 2.10 bits per heavy atom. The smallest absolute Gasteiger partial charge is 0.00510 e. The first kappa shape index (κ1) is 8.02. The summed E-state index contributed by atoms with van der Waals surface area (Å²) >= 11 is 0. The molecule has 10 heavy (non-hydrogen) atoms. The van der Waals surface area contributed by atoms with E-state index >= 15 is 0 Å². The molecule has 0 radical (unpaired) electrons. The molecular weight excluding hydrogens is 124 g/mol. The zero-order valence-electron chi connectivity index (χ0n) is 6.77. The molecule has 0 amide bonds. The third-order valence-electron chi connectivity index (χ3n) is 2.21. The lowest BCUT2D eigenvalue weighted by Crippen LogP contribution is -2.32. The minimum absolute atomic E-state index is 0.440. The molecule has 1 saturated heterocycles. The molecule has 2 nitrogen and oxygen atoms in total. The highest BCUT2D eigenvalue weighted by Gasteiger charge is 2.09. The van der Waals surface area contributed by atoms with Crippen molar-refractivity contribution >= 4 is 0 Å². The lowest BCUT2D eigenvalue weighted by Gasteiger charge is -2.20. The lowest BCUT2D eigenvalue weighted by molar-refractivity contribution is 0.390. The molecule has 0 spiro atoms. The van der Waals surface area contributed by atoms with Crippen molar-refractivity contribution in [3.8, 4) is 0 Å². The highest BCUT2D eigenvalue weighted by molar-refractivity contribution is 4.70. The molecular formula is C8H18N2. The van der Waals surface area contributed by atoms with E-state index in [-0.39, 0.29) is 0 Å². The fourth-order valence-electron chi connectivity index (χ4n) is 1.38. The standard InChI is InChI=1S/C8H18N2/c1-7-2-3-8(9)4-5-10-6-7/h7-8,10H,2-6,9H2,1H3. The predicted octanol–water partition coefficient (Wildman–Crippen LogP) is 0.723. The van der Waals surface area contributed by atoms with E-state index in [1.54, 1.807) is 0 Å². The molecule has 3 N–H and O–H groups in total. The maximum Gasteiger partial charge on any atom is 0.00510 e. The van der Waals surface area contributed by atoms with Crippen molar-refractivity contribution < 1.29 is 0 Å². The van der Waals surface area contributed by atoms with Gasteiger partial charge in [0.05, 0.1) is 0 Å². The normalized spacial score (nSPS) is 36.6. The molecule has 60 valence electrons. The van der Waals surface area contributed by atoms with Crippen LogP contribution in [0.1, 0.15) is 26.2 Å². The second-order valence-corrected chi connectivity index (χ2v) is 3.44. The first-order valence-corrected chi connectivity index (χ1v) is 4.25. The van der Waals surface area contributed by atoms with Gasteiger partial charge in [0.2, 0.25) is 0 Å². The average Bonchev–Trinajstić information content (AvgIpc) is 1.90. The topological polar surface area (TPSA) is 38.0 Å². The first-order valence-electron chi connectivity index (χ1n) is 4.25. The van der Waals surface area contributed by atoms with Gasteiger partial charge in [-0.05, 0) is 38.3 Å². The lowest BCUT2D eigenvalue weighted by atomic mass is 9.98. The number of nitrogens with two attached hydrogens (primary N) is 1. The van der Waals surface area contributed by atoms with E-state index in [0.717, 1.165) is 18.9 Å². The molecule has 2 atom stereocenters. The van der Waals surface area contributed by atoms with Crippen LogP contribution in [-0.2, 0) is 0 Å². The molecule has 0 aromatic carbocycles. The van der Waals surface area contributed by atoms with Crippen molar-refractivity contribution in [3.05, 3.63) is 0 Å². The zero-order chi connectivity index (χ0) is 7.40. The molecule has 0 aliphatic carbocycles. The molecule has 1 fully saturated rings. The number of hydrogen-bond acceptors (Lipinski definition) is 2. The van der Waals surface area contributed by atoms with Crippen LogP contribution >= 0.6 is 0 Å². The van der Waals surface area contributed by atoms with Gasteiger partial charge >= 0.3 is 0 Å². The Hall–Kier alpha value is -0.0800.